The molecule has 0 heterocycles. The Labute approximate surface area is 176 Å². The van der Waals surface area contributed by atoms with Crippen LogP contribution in [0.5, 0.6) is 0 Å². The Hall–Kier alpha value is -3.90. The molecule has 0 unspecified atom stereocenters. The zero-order valence-corrected chi connectivity index (χ0v) is 17.3. The highest BCUT2D eigenvalue weighted by Gasteiger charge is 2.14. The minimum atomic E-state index is -0.408. The van der Waals surface area contributed by atoms with Crippen molar-refractivity contribution < 1.29 is 4.79 Å². The Bertz CT molecular complexity index is 1320. The highest BCUT2D eigenvalue weighted by molar-refractivity contribution is 6.15. The van der Waals surface area contributed by atoms with Gasteiger partial charge in [0, 0.05) is 5.69 Å². The molecule has 0 bridgehead atoms. The van der Waals surface area contributed by atoms with Crippen LogP contribution >= 0.6 is 0 Å². The van der Waals surface area contributed by atoms with Crippen LogP contribution < -0.4 is 5.32 Å². The minimum Gasteiger partial charge on any atom is -0.321 e. The molecule has 0 aliphatic heterocycles. The van der Waals surface area contributed by atoms with Crippen molar-refractivity contribution in [3.63, 3.8) is 0 Å². The molecule has 30 heavy (non-hydrogen) atoms. The van der Waals surface area contributed by atoms with E-state index in [1.165, 1.54) is 5.56 Å². The molecule has 3 heteroatoms. The molecule has 0 atom stereocenters. The number of hydrogen-bond acceptors (Lipinski definition) is 2. The summed E-state index contributed by atoms with van der Waals surface area (Å²) in [7, 11) is 0. The number of aryl methyl sites for hydroxylation is 3. The first-order chi connectivity index (χ1) is 14.5. The van der Waals surface area contributed by atoms with Crippen LogP contribution in [-0.2, 0) is 4.79 Å². The number of carbonyl (C=O) groups excluding carboxylic acids is 1. The smallest absolute Gasteiger partial charge is 0.266 e. The first-order valence-electron chi connectivity index (χ1n) is 9.90. The number of nitrogens with zero attached hydrogens (tertiary/aromatic N) is 1. The summed E-state index contributed by atoms with van der Waals surface area (Å²) in [6.45, 7) is 6.13. The summed E-state index contributed by atoms with van der Waals surface area (Å²) in [5.74, 6) is -0.408. The molecule has 0 aromatic heterocycles. The zero-order valence-electron chi connectivity index (χ0n) is 17.3. The Balaban J connectivity index is 1.85. The summed E-state index contributed by atoms with van der Waals surface area (Å²) >= 11 is 0. The summed E-state index contributed by atoms with van der Waals surface area (Å²) in [4.78, 5) is 12.9. The van der Waals surface area contributed by atoms with Crippen molar-refractivity contribution >= 4 is 39.2 Å². The molecule has 0 radical (unpaired) electrons. The molecule has 3 nitrogen and oxygen atoms in total. The number of nitriles is 1. The molecule has 0 fully saturated rings. The number of nitrogens with one attached hydrogen (secondary N) is 1. The van der Waals surface area contributed by atoms with Gasteiger partial charge in [0.05, 0.1) is 0 Å². The van der Waals surface area contributed by atoms with Crippen molar-refractivity contribution in [2.45, 2.75) is 20.8 Å². The first kappa shape index (κ1) is 19.4. The van der Waals surface area contributed by atoms with Gasteiger partial charge in [0.15, 0.2) is 0 Å². The normalized spacial score (nSPS) is 11.5. The summed E-state index contributed by atoms with van der Waals surface area (Å²) in [6, 6.07) is 24.0. The Morgan fingerprint density at radius 3 is 1.93 bits per heavy atom. The number of fused-ring (bicyclic) bond motifs is 2. The summed E-state index contributed by atoms with van der Waals surface area (Å²) in [6.07, 6.45) is 1.71. The maximum atomic E-state index is 12.9. The third-order valence-electron chi connectivity index (χ3n) is 5.66. The average molecular weight is 390 g/mol. The van der Waals surface area contributed by atoms with Crippen molar-refractivity contribution in [2.24, 2.45) is 0 Å². The van der Waals surface area contributed by atoms with Crippen LogP contribution in [0.1, 0.15) is 22.3 Å². The molecule has 146 valence electrons. The van der Waals surface area contributed by atoms with E-state index >= 15 is 0 Å². The van der Waals surface area contributed by atoms with Gasteiger partial charge in [-0.1, -0.05) is 54.6 Å². The van der Waals surface area contributed by atoms with Crippen LogP contribution in [0.4, 0.5) is 5.69 Å². The number of amides is 1. The number of carbonyl (C=O) groups is 1. The van der Waals surface area contributed by atoms with Gasteiger partial charge >= 0.3 is 0 Å². The predicted octanol–water partition coefficient (Wildman–Crippen LogP) is 6.46. The second kappa shape index (κ2) is 7.85. The number of benzene rings is 4. The molecular weight excluding hydrogens is 368 g/mol. The van der Waals surface area contributed by atoms with Gasteiger partial charge in [-0.05, 0) is 82.8 Å². The van der Waals surface area contributed by atoms with E-state index in [0.717, 1.165) is 38.2 Å². The fourth-order valence-electron chi connectivity index (χ4n) is 3.85. The minimum absolute atomic E-state index is 0.0763. The molecule has 1 N–H and O–H groups in total. The Kier molecular flexibility index (Phi) is 5.08. The van der Waals surface area contributed by atoms with Gasteiger partial charge < -0.3 is 5.32 Å². The molecule has 0 saturated carbocycles. The van der Waals surface area contributed by atoms with E-state index in [2.05, 4.69) is 30.4 Å². The van der Waals surface area contributed by atoms with Crippen LogP contribution in [0.3, 0.4) is 0 Å². The van der Waals surface area contributed by atoms with Crippen LogP contribution in [0.25, 0.3) is 27.6 Å². The SMILES string of the molecule is Cc1ccc(NC(=O)/C(C#N)=C\c2c3ccccc3c(C)c3ccccc23)cc1C. The van der Waals surface area contributed by atoms with E-state index < -0.39 is 5.91 Å². The molecule has 4 rings (SSSR count). The molecule has 0 aliphatic carbocycles. The highest BCUT2D eigenvalue weighted by atomic mass is 16.1. The molecule has 1 amide bonds. The number of anilines is 1. The van der Waals surface area contributed by atoms with E-state index in [-0.39, 0.29) is 5.57 Å². The molecule has 0 spiro atoms. The van der Waals surface area contributed by atoms with Crippen molar-refractivity contribution in [1.29, 1.82) is 5.26 Å². The third-order valence-corrected chi connectivity index (χ3v) is 5.66. The quantitative estimate of drug-likeness (QED) is 0.248. The summed E-state index contributed by atoms with van der Waals surface area (Å²) in [5, 5.41) is 16.9. The van der Waals surface area contributed by atoms with Crippen LogP contribution in [0.15, 0.2) is 72.3 Å². The van der Waals surface area contributed by atoms with Gasteiger partial charge in [0.1, 0.15) is 11.6 Å². The summed E-state index contributed by atoms with van der Waals surface area (Å²) in [5.41, 5.74) is 5.08. The largest absolute Gasteiger partial charge is 0.321 e. The third kappa shape index (κ3) is 3.44. The van der Waals surface area contributed by atoms with Gasteiger partial charge in [-0.3, -0.25) is 4.79 Å². The van der Waals surface area contributed by atoms with Crippen molar-refractivity contribution in [3.8, 4) is 6.07 Å². The van der Waals surface area contributed by atoms with Crippen molar-refractivity contribution in [2.75, 3.05) is 5.32 Å². The van der Waals surface area contributed by atoms with Crippen LogP contribution in [0.2, 0.25) is 0 Å². The van der Waals surface area contributed by atoms with Gasteiger partial charge in [0.2, 0.25) is 0 Å². The molecule has 0 aliphatic rings. The molecular formula is C27H22N2O. The monoisotopic (exact) mass is 390 g/mol. The van der Waals surface area contributed by atoms with E-state index in [4.69, 9.17) is 0 Å². The first-order valence-corrected chi connectivity index (χ1v) is 9.90. The summed E-state index contributed by atoms with van der Waals surface area (Å²) < 4.78 is 0. The van der Waals surface area contributed by atoms with Crippen molar-refractivity contribution in [3.05, 3.63) is 94.6 Å². The lowest BCUT2D eigenvalue weighted by Gasteiger charge is -2.13. The van der Waals surface area contributed by atoms with E-state index in [9.17, 15) is 10.1 Å². The van der Waals surface area contributed by atoms with Crippen molar-refractivity contribution in [1.82, 2.24) is 0 Å². The second-order valence-electron chi connectivity index (χ2n) is 7.55. The fraction of sp³-hybridized carbons (Fsp3) is 0.111. The molecule has 4 aromatic rings. The highest BCUT2D eigenvalue weighted by Crippen LogP contribution is 2.33. The Morgan fingerprint density at radius 2 is 1.40 bits per heavy atom. The van der Waals surface area contributed by atoms with Gasteiger partial charge in [0.25, 0.3) is 5.91 Å². The van der Waals surface area contributed by atoms with Gasteiger partial charge in [-0.25, -0.2) is 0 Å². The molecule has 0 saturated heterocycles. The topological polar surface area (TPSA) is 52.9 Å². The van der Waals surface area contributed by atoms with E-state index in [1.807, 2.05) is 68.4 Å². The lowest BCUT2D eigenvalue weighted by molar-refractivity contribution is -0.112. The maximum absolute atomic E-state index is 12.9. The van der Waals surface area contributed by atoms with Crippen LogP contribution in [0, 0.1) is 32.1 Å². The number of hydrogen-bond donors (Lipinski definition) is 1. The lowest BCUT2D eigenvalue weighted by Crippen LogP contribution is -2.13. The van der Waals surface area contributed by atoms with Gasteiger partial charge in [-0.2, -0.15) is 5.26 Å². The predicted molar refractivity (Wildman–Crippen MR) is 124 cm³/mol. The molecule has 4 aromatic carbocycles. The van der Waals surface area contributed by atoms with Crippen LogP contribution in [-0.4, -0.2) is 5.91 Å². The average Bonchev–Trinajstić information content (AvgIpc) is 2.76. The maximum Gasteiger partial charge on any atom is 0.266 e. The van der Waals surface area contributed by atoms with E-state index in [0.29, 0.717) is 5.69 Å². The van der Waals surface area contributed by atoms with Gasteiger partial charge in [-0.15, -0.1) is 0 Å². The fourth-order valence-corrected chi connectivity index (χ4v) is 3.85. The second-order valence-corrected chi connectivity index (χ2v) is 7.55. The standard InChI is InChI=1S/C27H22N2O/c1-17-12-13-21(14-18(17)2)29-27(30)20(16-28)15-26-24-10-6-4-8-22(24)19(3)23-9-5-7-11-25(23)26/h4-15H,1-3H3,(H,29,30)/b20-15-. The number of rotatable bonds is 3. The zero-order chi connectivity index (χ0) is 21.3. The van der Waals surface area contributed by atoms with E-state index in [1.54, 1.807) is 6.08 Å². The lowest BCUT2D eigenvalue weighted by atomic mass is 9.91. The Morgan fingerprint density at radius 1 is 0.833 bits per heavy atom.